The number of anilines is 1. The lowest BCUT2D eigenvalue weighted by molar-refractivity contribution is -0.129. The first-order valence-corrected chi connectivity index (χ1v) is 13.5. The molecule has 0 radical (unpaired) electrons. The summed E-state index contributed by atoms with van der Waals surface area (Å²) in [7, 11) is 0. The number of hydrogen-bond donors (Lipinski definition) is 1. The molecule has 2 fully saturated rings. The van der Waals surface area contributed by atoms with Gasteiger partial charge in [0.05, 0.1) is 17.0 Å². The Hall–Kier alpha value is -3.67. The fourth-order valence-corrected chi connectivity index (χ4v) is 5.66. The van der Waals surface area contributed by atoms with Crippen LogP contribution in [0, 0.1) is 0 Å². The van der Waals surface area contributed by atoms with Gasteiger partial charge in [0.15, 0.2) is 0 Å². The molecule has 2 aliphatic heterocycles. The highest BCUT2D eigenvalue weighted by Crippen LogP contribution is 2.37. The van der Waals surface area contributed by atoms with Gasteiger partial charge in [-0.2, -0.15) is 0 Å². The third-order valence-electron chi connectivity index (χ3n) is 7.99. The molecule has 1 atom stereocenters. The number of nitrogens with zero attached hydrogens (tertiary/aromatic N) is 3. The monoisotopic (exact) mass is 496 g/mol. The maximum Gasteiger partial charge on any atom is 0.255 e. The molecule has 0 aliphatic carbocycles. The van der Waals surface area contributed by atoms with E-state index in [-0.39, 0.29) is 17.9 Å². The van der Waals surface area contributed by atoms with E-state index in [0.717, 1.165) is 30.0 Å². The van der Waals surface area contributed by atoms with Crippen molar-refractivity contribution in [3.63, 3.8) is 0 Å². The fourth-order valence-electron chi connectivity index (χ4n) is 5.66. The molecule has 3 aromatic rings. The molecule has 1 unspecified atom stereocenters. The molecule has 1 aromatic heterocycles. The lowest BCUT2D eigenvalue weighted by Gasteiger charge is -2.41. The highest BCUT2D eigenvalue weighted by Gasteiger charge is 2.44. The second-order valence-corrected chi connectivity index (χ2v) is 10.3. The van der Waals surface area contributed by atoms with Crippen LogP contribution in [0.4, 0.5) is 5.82 Å². The molecule has 2 aromatic carbocycles. The summed E-state index contributed by atoms with van der Waals surface area (Å²) < 4.78 is 0. The van der Waals surface area contributed by atoms with E-state index in [0.29, 0.717) is 31.5 Å². The van der Waals surface area contributed by atoms with Gasteiger partial charge in [0.2, 0.25) is 5.91 Å². The van der Waals surface area contributed by atoms with Crippen molar-refractivity contribution < 1.29 is 9.59 Å². The molecule has 192 valence electrons. The van der Waals surface area contributed by atoms with Crippen LogP contribution in [-0.2, 0) is 10.2 Å². The number of carbonyl (C=O) groups is 2. The van der Waals surface area contributed by atoms with E-state index in [1.807, 2.05) is 84.6 Å². The smallest absolute Gasteiger partial charge is 0.255 e. The Labute approximate surface area is 219 Å². The minimum Gasteiger partial charge on any atom is -0.357 e. The molecule has 5 rings (SSSR count). The molecule has 6 heteroatoms. The first-order valence-electron chi connectivity index (χ1n) is 13.5. The van der Waals surface area contributed by atoms with Gasteiger partial charge in [-0.15, -0.1) is 0 Å². The molecule has 37 heavy (non-hydrogen) atoms. The topological polar surface area (TPSA) is 65.5 Å². The number of benzene rings is 2. The van der Waals surface area contributed by atoms with Gasteiger partial charge in [0.25, 0.3) is 5.91 Å². The predicted octanol–water partition coefficient (Wildman–Crippen LogP) is 5.12. The van der Waals surface area contributed by atoms with Crippen molar-refractivity contribution >= 4 is 17.6 Å². The van der Waals surface area contributed by atoms with Crippen molar-refractivity contribution in [2.45, 2.75) is 50.5 Å². The molecule has 0 spiro atoms. The van der Waals surface area contributed by atoms with Crippen LogP contribution in [0.1, 0.15) is 66.6 Å². The zero-order valence-corrected chi connectivity index (χ0v) is 21.6. The molecular formula is C31H36N4O2. The Balaban J connectivity index is 1.29. The standard InChI is InChI=1S/C31H36N4O2/c1-24(25-11-5-2-6-12-25)33-30(37)31(27-13-7-3-8-14-27)17-21-35(22-18-31)29(36)26-15-16-28(32-23-26)34-19-9-4-10-20-34/h2-3,5-8,11-16,23-24H,4,9-10,17-22H2,1H3,(H,33,37). The van der Waals surface area contributed by atoms with Gasteiger partial charge >= 0.3 is 0 Å². The van der Waals surface area contributed by atoms with E-state index in [1.165, 1.54) is 19.3 Å². The summed E-state index contributed by atoms with van der Waals surface area (Å²) in [5.41, 5.74) is 2.02. The number of pyridine rings is 1. The van der Waals surface area contributed by atoms with Gasteiger partial charge in [0.1, 0.15) is 5.82 Å². The number of piperidine rings is 2. The molecule has 1 N–H and O–H groups in total. The molecule has 6 nitrogen and oxygen atoms in total. The van der Waals surface area contributed by atoms with E-state index < -0.39 is 5.41 Å². The number of amides is 2. The number of carbonyl (C=O) groups excluding carboxylic acids is 2. The number of rotatable bonds is 6. The third-order valence-corrected chi connectivity index (χ3v) is 7.99. The molecule has 2 amide bonds. The molecule has 2 aliphatic rings. The lowest BCUT2D eigenvalue weighted by Crippen LogP contribution is -2.53. The molecule has 0 bridgehead atoms. The molecule has 0 saturated carbocycles. The third kappa shape index (κ3) is 5.38. The zero-order valence-electron chi connectivity index (χ0n) is 21.6. The maximum absolute atomic E-state index is 13.8. The van der Waals surface area contributed by atoms with Gasteiger partial charge in [-0.25, -0.2) is 4.98 Å². The van der Waals surface area contributed by atoms with E-state index in [1.54, 1.807) is 6.20 Å². The van der Waals surface area contributed by atoms with Crippen LogP contribution in [0.25, 0.3) is 0 Å². The van der Waals surface area contributed by atoms with Crippen LogP contribution in [0.5, 0.6) is 0 Å². The van der Waals surface area contributed by atoms with E-state index >= 15 is 0 Å². The number of hydrogen-bond acceptors (Lipinski definition) is 4. The average molecular weight is 497 g/mol. The second-order valence-electron chi connectivity index (χ2n) is 10.3. The zero-order chi connectivity index (χ0) is 25.7. The number of nitrogens with one attached hydrogen (secondary N) is 1. The Morgan fingerprint density at radius 1 is 0.838 bits per heavy atom. The maximum atomic E-state index is 13.8. The fraction of sp³-hybridized carbons (Fsp3) is 0.387. The van der Waals surface area contributed by atoms with Crippen LogP contribution < -0.4 is 10.2 Å². The summed E-state index contributed by atoms with van der Waals surface area (Å²) in [6.07, 6.45) is 6.52. The van der Waals surface area contributed by atoms with Gasteiger partial charge in [0, 0.05) is 32.4 Å². The van der Waals surface area contributed by atoms with Gasteiger partial charge in [-0.1, -0.05) is 60.7 Å². The first-order chi connectivity index (χ1) is 18.1. The lowest BCUT2D eigenvalue weighted by atomic mass is 9.71. The Morgan fingerprint density at radius 3 is 2.11 bits per heavy atom. The summed E-state index contributed by atoms with van der Waals surface area (Å²) in [4.78, 5) is 35.9. The van der Waals surface area contributed by atoms with E-state index in [4.69, 9.17) is 0 Å². The van der Waals surface area contributed by atoms with Crippen molar-refractivity contribution in [3.8, 4) is 0 Å². The largest absolute Gasteiger partial charge is 0.357 e. The number of likely N-dealkylation sites (tertiary alicyclic amines) is 1. The Bertz CT molecular complexity index is 1180. The van der Waals surface area contributed by atoms with Crippen molar-refractivity contribution in [1.29, 1.82) is 0 Å². The van der Waals surface area contributed by atoms with Crippen LogP contribution >= 0.6 is 0 Å². The van der Waals surface area contributed by atoms with Crippen molar-refractivity contribution in [2.75, 3.05) is 31.1 Å². The van der Waals surface area contributed by atoms with Crippen LogP contribution in [0.15, 0.2) is 79.0 Å². The van der Waals surface area contributed by atoms with Crippen molar-refractivity contribution in [3.05, 3.63) is 95.7 Å². The molecule has 3 heterocycles. The average Bonchev–Trinajstić information content (AvgIpc) is 2.98. The van der Waals surface area contributed by atoms with Crippen molar-refractivity contribution in [2.24, 2.45) is 0 Å². The molecule has 2 saturated heterocycles. The summed E-state index contributed by atoms with van der Waals surface area (Å²) in [5.74, 6) is 0.953. The summed E-state index contributed by atoms with van der Waals surface area (Å²) in [6, 6.07) is 23.8. The quantitative estimate of drug-likeness (QED) is 0.514. The van der Waals surface area contributed by atoms with E-state index in [9.17, 15) is 9.59 Å². The van der Waals surface area contributed by atoms with Gasteiger partial charge < -0.3 is 15.1 Å². The highest BCUT2D eigenvalue weighted by molar-refractivity contribution is 5.95. The van der Waals surface area contributed by atoms with E-state index in [2.05, 4.69) is 15.2 Å². The van der Waals surface area contributed by atoms with Gasteiger partial charge in [-0.3, -0.25) is 9.59 Å². The van der Waals surface area contributed by atoms with Crippen LogP contribution in [0.2, 0.25) is 0 Å². The summed E-state index contributed by atoms with van der Waals surface area (Å²) in [5, 5.41) is 3.26. The summed E-state index contributed by atoms with van der Waals surface area (Å²) in [6.45, 7) is 5.12. The van der Waals surface area contributed by atoms with Crippen molar-refractivity contribution in [1.82, 2.24) is 15.2 Å². The normalized spacial score (nSPS) is 18.2. The Kier molecular flexibility index (Phi) is 7.54. The van der Waals surface area contributed by atoms with Crippen LogP contribution in [0.3, 0.4) is 0 Å². The minimum atomic E-state index is -0.669. The first kappa shape index (κ1) is 25.0. The highest BCUT2D eigenvalue weighted by atomic mass is 16.2. The predicted molar refractivity (Wildman–Crippen MR) is 147 cm³/mol. The summed E-state index contributed by atoms with van der Waals surface area (Å²) >= 11 is 0. The SMILES string of the molecule is CC(NC(=O)C1(c2ccccc2)CCN(C(=O)c2ccc(N3CCCCC3)nc2)CC1)c1ccccc1. The van der Waals surface area contributed by atoms with Gasteiger partial charge in [-0.05, 0) is 62.3 Å². The Morgan fingerprint density at radius 2 is 1.49 bits per heavy atom. The number of aromatic nitrogens is 1. The molecular weight excluding hydrogens is 460 g/mol. The minimum absolute atomic E-state index is 0.0163. The van der Waals surface area contributed by atoms with Crippen LogP contribution in [-0.4, -0.2) is 47.9 Å². The second kappa shape index (κ2) is 11.2.